The van der Waals surface area contributed by atoms with E-state index in [9.17, 15) is 14.4 Å². The molecule has 0 radical (unpaired) electrons. The molecule has 0 saturated carbocycles. The number of hydrogen-bond acceptors (Lipinski definition) is 6. The third-order valence-corrected chi connectivity index (χ3v) is 3.87. The van der Waals surface area contributed by atoms with Gasteiger partial charge in [0.1, 0.15) is 18.7 Å². The number of alkyl carbamates (subject to hydrolysis) is 1. The lowest BCUT2D eigenvalue weighted by Gasteiger charge is -2.15. The lowest BCUT2D eigenvalue weighted by atomic mass is 10.2. The minimum atomic E-state index is -1.24. The molecule has 0 heterocycles. The minimum Gasteiger partial charge on any atom is -0.480 e. The first-order valence-electron chi connectivity index (χ1n) is 6.66. The standard InChI is InChI=1S/C14H18N2O6S/c15-10(12(17)18)7-23-8-11(13(19)20)16-14(21)22-6-9-4-2-1-3-5-9/h1-5,10-11H,6-8,15H2,(H,16,21)(H,17,18)(H,19,20)/t10?,11-/m0/s1. The normalized spacial score (nSPS) is 12.9. The van der Waals surface area contributed by atoms with Gasteiger partial charge in [-0.2, -0.15) is 11.8 Å². The number of rotatable bonds is 9. The molecule has 0 aromatic heterocycles. The fourth-order valence-electron chi connectivity index (χ4n) is 1.47. The average molecular weight is 342 g/mol. The zero-order valence-electron chi connectivity index (χ0n) is 12.2. The highest BCUT2D eigenvalue weighted by atomic mass is 32.2. The van der Waals surface area contributed by atoms with E-state index in [0.29, 0.717) is 0 Å². The van der Waals surface area contributed by atoms with Crippen LogP contribution in [0.15, 0.2) is 30.3 Å². The summed E-state index contributed by atoms with van der Waals surface area (Å²) in [5, 5.41) is 19.9. The summed E-state index contributed by atoms with van der Waals surface area (Å²) in [7, 11) is 0. The summed E-state index contributed by atoms with van der Waals surface area (Å²) in [4.78, 5) is 33.3. The number of amides is 1. The van der Waals surface area contributed by atoms with Crippen molar-refractivity contribution in [2.24, 2.45) is 5.73 Å². The van der Waals surface area contributed by atoms with E-state index < -0.39 is 30.1 Å². The van der Waals surface area contributed by atoms with Gasteiger partial charge in [-0.05, 0) is 5.56 Å². The maximum absolute atomic E-state index is 11.6. The van der Waals surface area contributed by atoms with Gasteiger partial charge in [-0.1, -0.05) is 30.3 Å². The molecule has 0 bridgehead atoms. The highest BCUT2D eigenvalue weighted by Gasteiger charge is 2.22. The van der Waals surface area contributed by atoms with Gasteiger partial charge in [0.25, 0.3) is 0 Å². The Morgan fingerprint density at radius 2 is 1.78 bits per heavy atom. The topological polar surface area (TPSA) is 139 Å². The summed E-state index contributed by atoms with van der Waals surface area (Å²) < 4.78 is 4.93. The molecule has 2 atom stereocenters. The number of carboxylic acids is 2. The Bertz CT molecular complexity index is 539. The Labute approximate surface area is 137 Å². The van der Waals surface area contributed by atoms with Gasteiger partial charge in [-0.3, -0.25) is 4.79 Å². The summed E-state index contributed by atoms with van der Waals surface area (Å²) in [6.07, 6.45) is -0.857. The van der Waals surface area contributed by atoms with Gasteiger partial charge in [0, 0.05) is 11.5 Å². The lowest BCUT2D eigenvalue weighted by molar-refractivity contribution is -0.139. The van der Waals surface area contributed by atoms with Gasteiger partial charge in [-0.15, -0.1) is 0 Å². The van der Waals surface area contributed by atoms with Crippen molar-refractivity contribution in [3.63, 3.8) is 0 Å². The average Bonchev–Trinajstić information content (AvgIpc) is 2.52. The van der Waals surface area contributed by atoms with E-state index >= 15 is 0 Å². The van der Waals surface area contributed by atoms with Crippen LogP contribution in [0.3, 0.4) is 0 Å². The molecule has 0 spiro atoms. The van der Waals surface area contributed by atoms with Crippen molar-refractivity contribution in [1.82, 2.24) is 5.32 Å². The second-order valence-electron chi connectivity index (χ2n) is 4.58. The van der Waals surface area contributed by atoms with Crippen molar-refractivity contribution in [2.75, 3.05) is 11.5 Å². The summed E-state index contributed by atoms with van der Waals surface area (Å²) >= 11 is 1.03. The predicted molar refractivity (Wildman–Crippen MR) is 84.1 cm³/mol. The first kappa shape index (κ1) is 18.8. The first-order chi connectivity index (χ1) is 10.9. The summed E-state index contributed by atoms with van der Waals surface area (Å²) in [6, 6.07) is 6.67. The Morgan fingerprint density at radius 3 is 2.35 bits per heavy atom. The third-order valence-electron chi connectivity index (χ3n) is 2.70. The summed E-state index contributed by atoms with van der Waals surface area (Å²) in [5.41, 5.74) is 6.09. The minimum absolute atomic E-state index is 0.0171. The van der Waals surface area contributed by atoms with Gasteiger partial charge in [-0.25, -0.2) is 9.59 Å². The zero-order chi connectivity index (χ0) is 17.2. The van der Waals surface area contributed by atoms with Crippen molar-refractivity contribution >= 4 is 29.8 Å². The molecule has 1 aromatic carbocycles. The molecule has 1 unspecified atom stereocenters. The van der Waals surface area contributed by atoms with Crippen molar-refractivity contribution in [1.29, 1.82) is 0 Å². The SMILES string of the molecule is NC(CSC[C@H](NC(=O)OCc1ccccc1)C(=O)O)C(=O)O. The second kappa shape index (κ2) is 9.70. The van der Waals surface area contributed by atoms with Crippen LogP contribution in [0.1, 0.15) is 5.56 Å². The largest absolute Gasteiger partial charge is 0.480 e. The lowest BCUT2D eigenvalue weighted by Crippen LogP contribution is -2.43. The van der Waals surface area contributed by atoms with E-state index in [2.05, 4.69) is 5.32 Å². The van der Waals surface area contributed by atoms with Gasteiger partial charge >= 0.3 is 18.0 Å². The quantitative estimate of drug-likeness (QED) is 0.509. The molecule has 0 saturated heterocycles. The van der Waals surface area contributed by atoms with Crippen LogP contribution in [0.25, 0.3) is 0 Å². The van der Waals surface area contributed by atoms with E-state index in [0.717, 1.165) is 17.3 Å². The van der Waals surface area contributed by atoms with E-state index in [1.165, 1.54) is 0 Å². The van der Waals surface area contributed by atoms with Crippen LogP contribution < -0.4 is 11.1 Å². The van der Waals surface area contributed by atoms with Gasteiger partial charge in [0.05, 0.1) is 0 Å². The fraction of sp³-hybridized carbons (Fsp3) is 0.357. The molecule has 1 rings (SSSR count). The molecule has 5 N–H and O–H groups in total. The Balaban J connectivity index is 2.38. The van der Waals surface area contributed by atoms with Gasteiger partial charge in [0.2, 0.25) is 0 Å². The molecule has 0 aliphatic rings. The highest BCUT2D eigenvalue weighted by molar-refractivity contribution is 7.99. The number of hydrogen-bond donors (Lipinski definition) is 4. The molecule has 0 fully saturated rings. The van der Waals surface area contributed by atoms with E-state index in [1.54, 1.807) is 24.3 Å². The Kier molecular flexibility index (Phi) is 7.92. The first-order valence-corrected chi connectivity index (χ1v) is 7.81. The maximum Gasteiger partial charge on any atom is 0.408 e. The van der Waals surface area contributed by atoms with Gasteiger partial charge in [0.15, 0.2) is 0 Å². The Hall–Kier alpha value is -2.26. The summed E-state index contributed by atoms with van der Waals surface area (Å²) in [5.74, 6) is -2.38. The number of ether oxygens (including phenoxy) is 1. The molecule has 1 amide bonds. The van der Waals surface area contributed by atoms with Crippen LogP contribution in [-0.2, 0) is 20.9 Å². The van der Waals surface area contributed by atoms with E-state index in [4.69, 9.17) is 20.7 Å². The van der Waals surface area contributed by atoms with Crippen LogP contribution >= 0.6 is 11.8 Å². The molecule has 23 heavy (non-hydrogen) atoms. The van der Waals surface area contributed by atoms with Crippen LogP contribution in [0.5, 0.6) is 0 Å². The fourth-order valence-corrected chi connectivity index (χ4v) is 2.46. The monoisotopic (exact) mass is 342 g/mol. The molecule has 8 nitrogen and oxygen atoms in total. The van der Waals surface area contributed by atoms with Crippen LogP contribution in [0.2, 0.25) is 0 Å². The number of nitrogens with two attached hydrogens (primary N) is 1. The van der Waals surface area contributed by atoms with Crippen molar-refractivity contribution in [2.45, 2.75) is 18.7 Å². The summed E-state index contributed by atoms with van der Waals surface area (Å²) in [6.45, 7) is 0.0239. The Morgan fingerprint density at radius 1 is 1.13 bits per heavy atom. The molecule has 0 aliphatic heterocycles. The van der Waals surface area contributed by atoms with Crippen molar-refractivity contribution in [3.05, 3.63) is 35.9 Å². The van der Waals surface area contributed by atoms with Crippen molar-refractivity contribution in [3.8, 4) is 0 Å². The predicted octanol–water partition coefficient (Wildman–Crippen LogP) is 0.511. The third kappa shape index (κ3) is 7.52. The zero-order valence-corrected chi connectivity index (χ0v) is 13.0. The number of aliphatic carboxylic acids is 2. The number of carbonyl (C=O) groups is 3. The van der Waals surface area contributed by atoms with E-state index in [-0.39, 0.29) is 18.1 Å². The van der Waals surface area contributed by atoms with Crippen LogP contribution in [0.4, 0.5) is 4.79 Å². The molecular formula is C14H18N2O6S. The molecule has 1 aromatic rings. The smallest absolute Gasteiger partial charge is 0.408 e. The molecular weight excluding hydrogens is 324 g/mol. The van der Waals surface area contributed by atoms with E-state index in [1.807, 2.05) is 6.07 Å². The number of carbonyl (C=O) groups excluding carboxylic acids is 1. The second-order valence-corrected chi connectivity index (χ2v) is 5.65. The van der Waals surface area contributed by atoms with Gasteiger partial charge < -0.3 is 26.0 Å². The molecule has 9 heteroatoms. The molecule has 126 valence electrons. The number of carboxylic acid groups (broad SMARTS) is 2. The maximum atomic E-state index is 11.6. The van der Waals surface area contributed by atoms with Crippen LogP contribution in [0, 0.1) is 0 Å². The molecule has 0 aliphatic carbocycles. The number of thioether (sulfide) groups is 1. The number of benzene rings is 1. The highest BCUT2D eigenvalue weighted by Crippen LogP contribution is 2.06. The van der Waals surface area contributed by atoms with Crippen LogP contribution in [-0.4, -0.2) is 51.8 Å². The number of nitrogens with one attached hydrogen (secondary N) is 1. The van der Waals surface area contributed by atoms with Crippen molar-refractivity contribution < 1.29 is 29.3 Å².